The molecule has 22 heavy (non-hydrogen) atoms. The summed E-state index contributed by atoms with van der Waals surface area (Å²) >= 11 is 0. The van der Waals surface area contributed by atoms with Gasteiger partial charge in [-0.3, -0.25) is 4.39 Å². The van der Waals surface area contributed by atoms with E-state index in [1.54, 1.807) is 0 Å². The number of unbranched alkanes of at least 4 members (excludes halogenated alkanes) is 17. The topological polar surface area (TPSA) is 0 Å². The third-order valence-electron chi connectivity index (χ3n) is 4.74. The van der Waals surface area contributed by atoms with Gasteiger partial charge in [0.25, 0.3) is 0 Å². The van der Waals surface area contributed by atoms with Crippen LogP contribution >= 0.6 is 0 Å². The van der Waals surface area contributed by atoms with Gasteiger partial charge in [-0.15, -0.1) is 0 Å². The predicted octanol–water partition coefficient (Wildman–Crippen LogP) is 6.76. The minimum absolute atomic E-state index is 0.125. The van der Waals surface area contributed by atoms with Crippen molar-refractivity contribution in [2.45, 2.75) is 122 Å². The van der Waals surface area contributed by atoms with Crippen LogP contribution in [-0.4, -0.2) is 16.9 Å². The van der Waals surface area contributed by atoms with Gasteiger partial charge in [0.15, 0.2) is 0 Å². The van der Waals surface area contributed by atoms with Crippen LogP contribution < -0.4 is 0 Å². The Morgan fingerprint density at radius 3 is 0.818 bits per heavy atom. The molecule has 0 radical (unpaired) electrons. The average Bonchev–Trinajstić information content (AvgIpc) is 2.54. The highest BCUT2D eigenvalue weighted by atomic mass is 28.1. The molecule has 134 valence electrons. The third kappa shape index (κ3) is 20.1. The van der Waals surface area contributed by atoms with Gasteiger partial charge in [-0.05, 0) is 6.42 Å². The Balaban J connectivity index is 2.91. The van der Waals surface area contributed by atoms with Crippen molar-refractivity contribution in [3.63, 3.8) is 0 Å². The Morgan fingerprint density at radius 2 is 0.591 bits per heavy atom. The van der Waals surface area contributed by atoms with Gasteiger partial charge < -0.3 is 0 Å². The van der Waals surface area contributed by atoms with Gasteiger partial charge in [0.2, 0.25) is 0 Å². The first kappa shape index (κ1) is 22.1. The van der Waals surface area contributed by atoms with Gasteiger partial charge in [0.1, 0.15) is 0 Å². The Bertz CT molecular complexity index is 165. The second-order valence-electron chi connectivity index (χ2n) is 7.05. The third-order valence-corrected chi connectivity index (χ3v) is 5.44. The smallest absolute Gasteiger partial charge is 0.0894 e. The summed E-state index contributed by atoms with van der Waals surface area (Å²) < 4.78 is 11.9. The zero-order valence-electron chi connectivity index (χ0n) is 15.5. The van der Waals surface area contributed by atoms with Gasteiger partial charge in [-0.2, -0.15) is 0 Å². The van der Waals surface area contributed by atoms with E-state index in [1.807, 2.05) is 0 Å². The molecular formula is C20H43FSi. The zero-order valence-corrected chi connectivity index (χ0v) is 17.5. The molecule has 0 aliphatic rings. The number of hydrogen-bond acceptors (Lipinski definition) is 0. The maximum Gasteiger partial charge on any atom is 0.0894 e. The first-order valence-electron chi connectivity index (χ1n) is 10.5. The van der Waals surface area contributed by atoms with E-state index in [4.69, 9.17) is 0 Å². The van der Waals surface area contributed by atoms with E-state index in [0.29, 0.717) is 0 Å². The normalized spacial score (nSPS) is 11.3. The van der Waals surface area contributed by atoms with Crippen molar-refractivity contribution in [1.82, 2.24) is 0 Å². The van der Waals surface area contributed by atoms with Gasteiger partial charge in [-0.25, -0.2) is 0 Å². The van der Waals surface area contributed by atoms with E-state index >= 15 is 0 Å². The zero-order chi connectivity index (χ0) is 16.1. The number of hydrogen-bond donors (Lipinski definition) is 0. The SMILES string of the molecule is FCCCCCCCCCCCCCCCCCCCC[SiH3]. The molecule has 0 heterocycles. The summed E-state index contributed by atoms with van der Waals surface area (Å²) in [6, 6.07) is 1.50. The molecule has 0 atom stereocenters. The molecule has 0 spiro atoms. The standard InChI is InChI=1S/C20H43FSi/c21-19-17-15-13-11-9-7-5-3-1-2-4-6-8-10-12-14-16-18-20-22/h1-20H2,22H3. The lowest BCUT2D eigenvalue weighted by Crippen LogP contribution is -1.84. The molecule has 0 bridgehead atoms. The minimum atomic E-state index is -0.125. The largest absolute Gasteiger partial charge is 0.251 e. The van der Waals surface area contributed by atoms with Gasteiger partial charge in [0, 0.05) is 10.2 Å². The van der Waals surface area contributed by atoms with Gasteiger partial charge in [0.05, 0.1) is 6.67 Å². The molecule has 0 amide bonds. The molecule has 0 nitrogen and oxygen atoms in total. The molecule has 0 aromatic rings. The number of halogens is 1. The lowest BCUT2D eigenvalue weighted by Gasteiger charge is -2.03. The van der Waals surface area contributed by atoms with E-state index < -0.39 is 0 Å². The van der Waals surface area contributed by atoms with Crippen LogP contribution in [0.1, 0.15) is 116 Å². The summed E-state index contributed by atoms with van der Waals surface area (Å²) in [7, 11) is 1.40. The van der Waals surface area contributed by atoms with Crippen molar-refractivity contribution in [1.29, 1.82) is 0 Å². The van der Waals surface area contributed by atoms with Gasteiger partial charge >= 0.3 is 0 Å². The highest BCUT2D eigenvalue weighted by Gasteiger charge is 1.95. The first-order valence-corrected chi connectivity index (χ1v) is 11.9. The summed E-state index contributed by atoms with van der Waals surface area (Å²) in [6.45, 7) is -0.125. The fourth-order valence-electron chi connectivity index (χ4n) is 3.17. The molecule has 0 unspecified atom stereocenters. The Morgan fingerprint density at radius 1 is 0.364 bits per heavy atom. The van der Waals surface area contributed by atoms with Crippen LogP contribution in [0.25, 0.3) is 0 Å². The Hall–Kier alpha value is 0.147. The van der Waals surface area contributed by atoms with E-state index in [1.165, 1.54) is 119 Å². The number of alkyl halides is 1. The molecule has 0 N–H and O–H groups in total. The summed E-state index contributed by atoms with van der Waals surface area (Å²) in [4.78, 5) is 0. The van der Waals surface area contributed by atoms with E-state index in [0.717, 1.165) is 12.8 Å². The van der Waals surface area contributed by atoms with Crippen molar-refractivity contribution < 1.29 is 4.39 Å². The summed E-state index contributed by atoms with van der Waals surface area (Å²) in [6.07, 6.45) is 24.8. The van der Waals surface area contributed by atoms with Gasteiger partial charge in [-0.1, -0.05) is 115 Å². The minimum Gasteiger partial charge on any atom is -0.251 e. The average molecular weight is 331 g/mol. The molecule has 0 saturated heterocycles. The molecule has 0 aliphatic carbocycles. The van der Waals surface area contributed by atoms with Crippen LogP contribution in [0.5, 0.6) is 0 Å². The highest BCUT2D eigenvalue weighted by Crippen LogP contribution is 2.14. The van der Waals surface area contributed by atoms with Crippen molar-refractivity contribution in [3.05, 3.63) is 0 Å². The van der Waals surface area contributed by atoms with Crippen LogP contribution in [0.3, 0.4) is 0 Å². The molecule has 2 heteroatoms. The van der Waals surface area contributed by atoms with Crippen molar-refractivity contribution >= 4 is 10.2 Å². The molecular weight excluding hydrogens is 287 g/mol. The monoisotopic (exact) mass is 330 g/mol. The maximum atomic E-state index is 11.9. The maximum absolute atomic E-state index is 11.9. The fourth-order valence-corrected chi connectivity index (χ4v) is 3.67. The van der Waals surface area contributed by atoms with E-state index in [-0.39, 0.29) is 6.67 Å². The number of rotatable bonds is 19. The van der Waals surface area contributed by atoms with Crippen LogP contribution in [0.4, 0.5) is 4.39 Å². The summed E-state index contributed by atoms with van der Waals surface area (Å²) in [5, 5.41) is 0. The fraction of sp³-hybridized carbons (Fsp3) is 1.00. The van der Waals surface area contributed by atoms with Crippen molar-refractivity contribution in [3.8, 4) is 0 Å². The Labute approximate surface area is 143 Å². The van der Waals surface area contributed by atoms with Crippen LogP contribution in [0, 0.1) is 0 Å². The van der Waals surface area contributed by atoms with Crippen molar-refractivity contribution in [2.24, 2.45) is 0 Å². The van der Waals surface area contributed by atoms with E-state index in [9.17, 15) is 4.39 Å². The molecule has 0 fully saturated rings. The molecule has 0 aromatic heterocycles. The molecule has 0 aliphatic heterocycles. The first-order chi connectivity index (χ1) is 10.9. The predicted molar refractivity (Wildman–Crippen MR) is 104 cm³/mol. The quantitative estimate of drug-likeness (QED) is 0.181. The second-order valence-corrected chi connectivity index (χ2v) is 8.05. The van der Waals surface area contributed by atoms with Crippen molar-refractivity contribution in [2.75, 3.05) is 6.67 Å². The second kappa shape index (κ2) is 21.1. The lowest BCUT2D eigenvalue weighted by atomic mass is 10.0. The molecule has 0 rings (SSSR count). The lowest BCUT2D eigenvalue weighted by molar-refractivity contribution is 0.448. The van der Waals surface area contributed by atoms with Crippen LogP contribution in [-0.2, 0) is 0 Å². The molecule has 0 saturated carbocycles. The van der Waals surface area contributed by atoms with E-state index in [2.05, 4.69) is 0 Å². The Kier molecular flexibility index (Phi) is 21.3. The summed E-state index contributed by atoms with van der Waals surface area (Å²) in [5.41, 5.74) is 0. The highest BCUT2D eigenvalue weighted by molar-refractivity contribution is 6.08. The molecule has 0 aromatic carbocycles. The summed E-state index contributed by atoms with van der Waals surface area (Å²) in [5.74, 6) is 0. The van der Waals surface area contributed by atoms with Crippen LogP contribution in [0.2, 0.25) is 6.04 Å². The van der Waals surface area contributed by atoms with Crippen LogP contribution in [0.15, 0.2) is 0 Å².